The lowest BCUT2D eigenvalue weighted by molar-refractivity contribution is -0.140. The molecular formula is C28H28N2O4. The van der Waals surface area contributed by atoms with Crippen LogP contribution in [0, 0.1) is 5.92 Å². The van der Waals surface area contributed by atoms with Gasteiger partial charge in [-0.05, 0) is 41.7 Å². The Kier molecular flexibility index (Phi) is 7.07. The lowest BCUT2D eigenvalue weighted by atomic mass is 9.95. The molecule has 2 heterocycles. The van der Waals surface area contributed by atoms with Crippen LogP contribution in [0.3, 0.4) is 0 Å². The predicted octanol–water partition coefficient (Wildman–Crippen LogP) is 5.13. The highest BCUT2D eigenvalue weighted by atomic mass is 16.5. The molecule has 6 nitrogen and oxygen atoms in total. The number of hydrogen-bond donors (Lipinski definition) is 1. The molecular weight excluding hydrogens is 428 g/mol. The molecule has 1 aliphatic heterocycles. The minimum Gasteiger partial charge on any atom is -0.507 e. The van der Waals surface area contributed by atoms with Crippen LogP contribution in [0.1, 0.15) is 43.0 Å². The third-order valence-electron chi connectivity index (χ3n) is 5.80. The summed E-state index contributed by atoms with van der Waals surface area (Å²) >= 11 is 0. The first-order chi connectivity index (χ1) is 16.5. The van der Waals surface area contributed by atoms with Gasteiger partial charge in [-0.2, -0.15) is 0 Å². The summed E-state index contributed by atoms with van der Waals surface area (Å²) in [5.41, 5.74) is 2.04. The van der Waals surface area contributed by atoms with Crippen molar-refractivity contribution >= 4 is 17.4 Å². The van der Waals surface area contributed by atoms with E-state index in [1.165, 1.54) is 4.90 Å². The summed E-state index contributed by atoms with van der Waals surface area (Å²) in [5, 5.41) is 11.1. The van der Waals surface area contributed by atoms with Crippen LogP contribution in [0.25, 0.3) is 5.76 Å². The van der Waals surface area contributed by atoms with Crippen molar-refractivity contribution in [2.45, 2.75) is 32.9 Å². The number of carbonyl (C=O) groups is 2. The summed E-state index contributed by atoms with van der Waals surface area (Å²) in [7, 11) is 0. The molecule has 1 aromatic heterocycles. The molecule has 2 aromatic carbocycles. The number of Topliss-reactive ketones (excluding diaryl/α,β-unsaturated/α-hetero) is 1. The largest absolute Gasteiger partial charge is 0.507 e. The van der Waals surface area contributed by atoms with Gasteiger partial charge in [0, 0.05) is 24.5 Å². The summed E-state index contributed by atoms with van der Waals surface area (Å²) in [6.07, 6.45) is 4.24. The van der Waals surface area contributed by atoms with Crippen molar-refractivity contribution in [3.8, 4) is 5.75 Å². The number of likely N-dealkylation sites (tertiary alicyclic amines) is 1. The molecule has 34 heavy (non-hydrogen) atoms. The molecule has 6 heteroatoms. The fourth-order valence-electron chi connectivity index (χ4n) is 4.02. The Morgan fingerprint density at radius 1 is 1.06 bits per heavy atom. The van der Waals surface area contributed by atoms with Crippen LogP contribution < -0.4 is 4.74 Å². The van der Waals surface area contributed by atoms with Crippen molar-refractivity contribution in [3.05, 3.63) is 101 Å². The molecule has 1 aliphatic rings. The minimum absolute atomic E-state index is 0.0689. The highest BCUT2D eigenvalue weighted by Crippen LogP contribution is 2.41. The van der Waals surface area contributed by atoms with Crippen molar-refractivity contribution in [2.24, 2.45) is 5.92 Å². The van der Waals surface area contributed by atoms with Crippen molar-refractivity contribution in [3.63, 3.8) is 0 Å². The number of aliphatic hydroxyl groups is 1. The Hall–Kier alpha value is -3.93. The number of aromatic nitrogens is 1. The maximum atomic E-state index is 13.2. The van der Waals surface area contributed by atoms with Crippen LogP contribution in [0.4, 0.5) is 0 Å². The van der Waals surface area contributed by atoms with E-state index < -0.39 is 17.7 Å². The van der Waals surface area contributed by atoms with Gasteiger partial charge in [0.25, 0.3) is 11.7 Å². The molecule has 4 rings (SSSR count). The Bertz CT molecular complexity index is 1190. The van der Waals surface area contributed by atoms with Gasteiger partial charge in [0.2, 0.25) is 0 Å². The molecule has 0 aliphatic carbocycles. The number of pyridine rings is 1. The number of hydrogen-bond acceptors (Lipinski definition) is 5. The number of nitrogens with zero attached hydrogens (tertiary/aromatic N) is 2. The Morgan fingerprint density at radius 2 is 1.85 bits per heavy atom. The molecule has 0 radical (unpaired) electrons. The van der Waals surface area contributed by atoms with E-state index >= 15 is 0 Å². The molecule has 174 valence electrons. The second kappa shape index (κ2) is 10.3. The molecule has 0 spiro atoms. The van der Waals surface area contributed by atoms with E-state index in [-0.39, 0.29) is 17.9 Å². The first kappa shape index (κ1) is 23.2. The first-order valence-corrected chi connectivity index (χ1v) is 11.4. The van der Waals surface area contributed by atoms with E-state index in [1.807, 2.05) is 36.4 Å². The van der Waals surface area contributed by atoms with E-state index in [2.05, 4.69) is 18.8 Å². The van der Waals surface area contributed by atoms with Gasteiger partial charge in [-0.15, -0.1) is 0 Å². The number of rotatable bonds is 8. The minimum atomic E-state index is -0.755. The first-order valence-electron chi connectivity index (χ1n) is 11.4. The fourth-order valence-corrected chi connectivity index (χ4v) is 4.02. The van der Waals surface area contributed by atoms with Crippen molar-refractivity contribution < 1.29 is 19.4 Å². The van der Waals surface area contributed by atoms with Gasteiger partial charge in [0.1, 0.15) is 11.5 Å². The SMILES string of the molecule is CC(C)CCOc1cccc(C2C(=C(O)c3ccccc3)C(=O)C(=O)N2Cc2cccnc2)c1. The zero-order valence-corrected chi connectivity index (χ0v) is 19.3. The summed E-state index contributed by atoms with van der Waals surface area (Å²) in [5.74, 6) is -0.381. The topological polar surface area (TPSA) is 79.7 Å². The van der Waals surface area contributed by atoms with Gasteiger partial charge < -0.3 is 14.7 Å². The third-order valence-corrected chi connectivity index (χ3v) is 5.80. The molecule has 0 saturated carbocycles. The maximum Gasteiger partial charge on any atom is 0.295 e. The summed E-state index contributed by atoms with van der Waals surface area (Å²) < 4.78 is 5.93. The van der Waals surface area contributed by atoms with Crippen LogP contribution in [-0.2, 0) is 16.1 Å². The highest BCUT2D eigenvalue weighted by Gasteiger charge is 2.46. The van der Waals surface area contributed by atoms with E-state index in [0.717, 1.165) is 12.0 Å². The maximum absolute atomic E-state index is 13.2. The molecule has 0 bridgehead atoms. The fraction of sp³-hybridized carbons (Fsp3) is 0.250. The van der Waals surface area contributed by atoms with Crippen molar-refractivity contribution in [1.29, 1.82) is 0 Å². The quantitative estimate of drug-likeness (QED) is 0.289. The summed E-state index contributed by atoms with van der Waals surface area (Å²) in [6.45, 7) is 5.03. The van der Waals surface area contributed by atoms with Crippen molar-refractivity contribution in [1.82, 2.24) is 9.88 Å². The van der Waals surface area contributed by atoms with Gasteiger partial charge in [-0.25, -0.2) is 0 Å². The average molecular weight is 457 g/mol. The number of carbonyl (C=O) groups excluding carboxylic acids is 2. The number of aliphatic hydroxyl groups excluding tert-OH is 1. The number of ether oxygens (including phenoxy) is 1. The van der Waals surface area contributed by atoms with Crippen LogP contribution in [-0.4, -0.2) is 33.3 Å². The van der Waals surface area contributed by atoms with E-state index in [0.29, 0.717) is 29.4 Å². The Balaban J connectivity index is 1.77. The van der Waals surface area contributed by atoms with Crippen LogP contribution in [0.2, 0.25) is 0 Å². The highest BCUT2D eigenvalue weighted by molar-refractivity contribution is 6.46. The third kappa shape index (κ3) is 5.01. The number of ketones is 1. The predicted molar refractivity (Wildman–Crippen MR) is 130 cm³/mol. The lowest BCUT2D eigenvalue weighted by Crippen LogP contribution is -2.29. The van der Waals surface area contributed by atoms with E-state index in [1.54, 1.807) is 42.7 Å². The summed E-state index contributed by atoms with van der Waals surface area (Å²) in [4.78, 5) is 31.9. The summed E-state index contributed by atoms with van der Waals surface area (Å²) in [6, 6.07) is 19.1. The molecule has 1 amide bonds. The van der Waals surface area contributed by atoms with E-state index in [9.17, 15) is 14.7 Å². The Labute approximate surface area is 199 Å². The molecule has 1 atom stereocenters. The van der Waals surface area contributed by atoms with E-state index in [4.69, 9.17) is 4.74 Å². The van der Waals surface area contributed by atoms with Gasteiger partial charge in [0.15, 0.2) is 0 Å². The average Bonchev–Trinajstić information content (AvgIpc) is 3.10. The molecule has 1 unspecified atom stereocenters. The zero-order chi connectivity index (χ0) is 24.1. The second-order valence-electron chi connectivity index (χ2n) is 8.76. The smallest absolute Gasteiger partial charge is 0.295 e. The molecule has 1 saturated heterocycles. The normalized spacial score (nSPS) is 17.4. The molecule has 3 aromatic rings. The lowest BCUT2D eigenvalue weighted by Gasteiger charge is -2.25. The van der Waals surface area contributed by atoms with Gasteiger partial charge in [0.05, 0.1) is 18.2 Å². The number of benzene rings is 2. The van der Waals surface area contributed by atoms with Gasteiger partial charge >= 0.3 is 0 Å². The van der Waals surface area contributed by atoms with Crippen molar-refractivity contribution in [2.75, 3.05) is 6.61 Å². The number of amides is 1. The Morgan fingerprint density at radius 3 is 2.56 bits per heavy atom. The zero-order valence-electron chi connectivity index (χ0n) is 19.3. The monoisotopic (exact) mass is 456 g/mol. The molecule has 1 fully saturated rings. The van der Waals surface area contributed by atoms with Crippen LogP contribution in [0.5, 0.6) is 5.75 Å². The van der Waals surface area contributed by atoms with Crippen LogP contribution in [0.15, 0.2) is 84.7 Å². The van der Waals surface area contributed by atoms with Gasteiger partial charge in [-0.3, -0.25) is 14.6 Å². The standard InChI is InChI=1S/C28H28N2O4/c1-19(2)13-15-34-23-12-6-11-22(16-23)25-24(26(31)21-9-4-3-5-10-21)27(32)28(33)30(25)18-20-8-7-14-29-17-20/h3-12,14,16-17,19,25,31H,13,15,18H2,1-2H3. The molecule has 1 N–H and O–H groups in total. The van der Waals surface area contributed by atoms with Gasteiger partial charge in [-0.1, -0.05) is 62.4 Å². The second-order valence-corrected chi connectivity index (χ2v) is 8.76. The van der Waals surface area contributed by atoms with Crippen LogP contribution >= 0.6 is 0 Å².